The van der Waals surface area contributed by atoms with Crippen LogP contribution < -0.4 is 11.1 Å². The number of rotatable bonds is 5. The molecule has 0 aromatic rings. The van der Waals surface area contributed by atoms with Gasteiger partial charge in [0.25, 0.3) is 0 Å². The van der Waals surface area contributed by atoms with Crippen LogP contribution in [0.15, 0.2) is 0 Å². The monoisotopic (exact) mass is 313 g/mol. The first kappa shape index (κ1) is 21.3. The molecule has 0 spiro atoms. The fourth-order valence-corrected chi connectivity index (χ4v) is 2.47. The molecule has 1 aliphatic heterocycles. The van der Waals surface area contributed by atoms with E-state index in [-0.39, 0.29) is 42.8 Å². The second-order valence-electron chi connectivity index (χ2n) is 5.43. The van der Waals surface area contributed by atoms with Crippen LogP contribution in [0.2, 0.25) is 0 Å². The van der Waals surface area contributed by atoms with Crippen molar-refractivity contribution in [1.82, 2.24) is 10.2 Å². The molecule has 1 aliphatic rings. The van der Waals surface area contributed by atoms with E-state index in [2.05, 4.69) is 24.1 Å². The van der Waals surface area contributed by atoms with Gasteiger partial charge in [-0.1, -0.05) is 20.3 Å². The van der Waals surface area contributed by atoms with Crippen molar-refractivity contribution in [2.24, 2.45) is 11.7 Å². The van der Waals surface area contributed by atoms with Gasteiger partial charge in [-0.3, -0.25) is 9.69 Å². The van der Waals surface area contributed by atoms with Gasteiger partial charge in [-0.25, -0.2) is 0 Å². The average Bonchev–Trinajstić information content (AvgIpc) is 2.29. The highest BCUT2D eigenvalue weighted by molar-refractivity contribution is 5.85. The molecule has 0 aliphatic carbocycles. The molecule has 0 saturated carbocycles. The van der Waals surface area contributed by atoms with Crippen molar-refractivity contribution in [1.29, 1.82) is 0 Å². The van der Waals surface area contributed by atoms with Gasteiger partial charge in [0.2, 0.25) is 5.91 Å². The SMILES string of the molecule is CC(C)C(C(=O)N[C@@H](C)CN)N1CCCCC1.Cl.Cl. The maximum Gasteiger partial charge on any atom is 0.237 e. The Morgan fingerprint density at radius 3 is 2.11 bits per heavy atom. The summed E-state index contributed by atoms with van der Waals surface area (Å²) in [7, 11) is 0. The zero-order valence-corrected chi connectivity index (χ0v) is 13.9. The molecule has 1 rings (SSSR count). The lowest BCUT2D eigenvalue weighted by Gasteiger charge is -2.36. The lowest BCUT2D eigenvalue weighted by Crippen LogP contribution is -2.54. The molecule has 1 saturated heterocycles. The van der Waals surface area contributed by atoms with E-state index in [1.807, 2.05) is 6.92 Å². The maximum absolute atomic E-state index is 12.2. The van der Waals surface area contributed by atoms with Crippen LogP contribution >= 0.6 is 24.8 Å². The lowest BCUT2D eigenvalue weighted by molar-refractivity contribution is -0.129. The number of carbonyl (C=O) groups is 1. The third-order valence-electron chi connectivity index (χ3n) is 3.43. The molecule has 19 heavy (non-hydrogen) atoms. The Kier molecular flexibility index (Phi) is 12.0. The number of nitrogens with two attached hydrogens (primary N) is 1. The summed E-state index contributed by atoms with van der Waals surface area (Å²) in [6.07, 6.45) is 3.72. The molecule has 0 radical (unpaired) electrons. The van der Waals surface area contributed by atoms with Gasteiger partial charge in [0.1, 0.15) is 0 Å². The van der Waals surface area contributed by atoms with E-state index >= 15 is 0 Å². The normalized spacial score (nSPS) is 19.0. The molecular formula is C13H29Cl2N3O. The number of nitrogens with zero attached hydrogens (tertiary/aromatic N) is 1. The standard InChI is InChI=1S/C13H27N3O.2ClH/c1-10(2)12(13(17)15-11(3)9-14)16-7-5-4-6-8-16;;/h10-12H,4-9,14H2,1-3H3,(H,15,17);2*1H/t11-,12?;;/m0../s1. The predicted molar refractivity (Wildman–Crippen MR) is 85.2 cm³/mol. The molecule has 0 aromatic heterocycles. The van der Waals surface area contributed by atoms with Crippen LogP contribution in [-0.2, 0) is 4.79 Å². The molecule has 1 heterocycles. The average molecular weight is 314 g/mol. The van der Waals surface area contributed by atoms with Gasteiger partial charge < -0.3 is 11.1 Å². The van der Waals surface area contributed by atoms with E-state index in [1.54, 1.807) is 0 Å². The highest BCUT2D eigenvalue weighted by Crippen LogP contribution is 2.17. The molecular weight excluding hydrogens is 285 g/mol. The number of nitrogens with one attached hydrogen (secondary N) is 1. The molecule has 1 amide bonds. The first-order valence-electron chi connectivity index (χ1n) is 6.80. The van der Waals surface area contributed by atoms with Crippen LogP contribution in [0, 0.1) is 5.92 Å². The summed E-state index contributed by atoms with van der Waals surface area (Å²) in [5.74, 6) is 0.484. The minimum Gasteiger partial charge on any atom is -0.351 e. The summed E-state index contributed by atoms with van der Waals surface area (Å²) in [5.41, 5.74) is 5.55. The quantitative estimate of drug-likeness (QED) is 0.813. The number of likely N-dealkylation sites (tertiary alicyclic amines) is 1. The van der Waals surface area contributed by atoms with Crippen molar-refractivity contribution in [2.75, 3.05) is 19.6 Å². The summed E-state index contributed by atoms with van der Waals surface area (Å²) in [6.45, 7) is 8.78. The van der Waals surface area contributed by atoms with Crippen molar-refractivity contribution >= 4 is 30.7 Å². The minimum atomic E-state index is 0. The number of carbonyl (C=O) groups excluding carboxylic acids is 1. The second-order valence-corrected chi connectivity index (χ2v) is 5.43. The Morgan fingerprint density at radius 2 is 1.68 bits per heavy atom. The van der Waals surface area contributed by atoms with Crippen LogP contribution in [0.3, 0.4) is 0 Å². The smallest absolute Gasteiger partial charge is 0.237 e. The van der Waals surface area contributed by atoms with Crippen molar-refractivity contribution in [3.63, 3.8) is 0 Å². The highest BCUT2D eigenvalue weighted by Gasteiger charge is 2.30. The van der Waals surface area contributed by atoms with Crippen molar-refractivity contribution in [2.45, 2.75) is 52.1 Å². The van der Waals surface area contributed by atoms with Gasteiger partial charge in [0, 0.05) is 12.6 Å². The van der Waals surface area contributed by atoms with E-state index in [9.17, 15) is 4.79 Å². The first-order valence-corrected chi connectivity index (χ1v) is 6.80. The van der Waals surface area contributed by atoms with E-state index in [0.717, 1.165) is 13.1 Å². The number of hydrogen-bond donors (Lipinski definition) is 2. The third-order valence-corrected chi connectivity index (χ3v) is 3.43. The van der Waals surface area contributed by atoms with Gasteiger partial charge in [-0.2, -0.15) is 0 Å². The van der Waals surface area contributed by atoms with Gasteiger partial charge in [-0.15, -0.1) is 24.8 Å². The molecule has 0 aromatic carbocycles. The molecule has 1 fully saturated rings. The summed E-state index contributed by atoms with van der Waals surface area (Å²) < 4.78 is 0. The van der Waals surface area contributed by atoms with Crippen LogP contribution in [0.25, 0.3) is 0 Å². The van der Waals surface area contributed by atoms with Crippen molar-refractivity contribution < 1.29 is 4.79 Å². The first-order chi connectivity index (χ1) is 8.06. The third kappa shape index (κ3) is 6.80. The Balaban J connectivity index is 0. The molecule has 3 N–H and O–H groups in total. The fourth-order valence-electron chi connectivity index (χ4n) is 2.47. The van der Waals surface area contributed by atoms with E-state index in [0.29, 0.717) is 12.5 Å². The Bertz CT molecular complexity index is 246. The van der Waals surface area contributed by atoms with Gasteiger partial charge in [0.05, 0.1) is 6.04 Å². The van der Waals surface area contributed by atoms with Crippen LogP contribution in [0.1, 0.15) is 40.0 Å². The van der Waals surface area contributed by atoms with Gasteiger partial charge >= 0.3 is 0 Å². The summed E-state index contributed by atoms with van der Waals surface area (Å²) in [6, 6.07) is 0.0674. The number of piperidine rings is 1. The number of halogens is 2. The van der Waals surface area contributed by atoms with Crippen LogP contribution in [0.5, 0.6) is 0 Å². The van der Waals surface area contributed by atoms with Crippen LogP contribution in [0.4, 0.5) is 0 Å². The summed E-state index contributed by atoms with van der Waals surface area (Å²) in [4.78, 5) is 14.6. The number of amides is 1. The predicted octanol–water partition coefficient (Wildman–Crippen LogP) is 1.80. The topological polar surface area (TPSA) is 58.4 Å². The summed E-state index contributed by atoms with van der Waals surface area (Å²) in [5, 5.41) is 3.00. The summed E-state index contributed by atoms with van der Waals surface area (Å²) >= 11 is 0. The Labute approximate surface area is 129 Å². The molecule has 0 bridgehead atoms. The molecule has 4 nitrogen and oxygen atoms in total. The van der Waals surface area contributed by atoms with E-state index < -0.39 is 0 Å². The molecule has 6 heteroatoms. The zero-order chi connectivity index (χ0) is 12.8. The maximum atomic E-state index is 12.2. The Morgan fingerprint density at radius 1 is 1.16 bits per heavy atom. The second kappa shape index (κ2) is 10.7. The van der Waals surface area contributed by atoms with Crippen molar-refractivity contribution in [3.8, 4) is 0 Å². The van der Waals surface area contributed by atoms with Gasteiger partial charge in [0.15, 0.2) is 0 Å². The number of hydrogen-bond acceptors (Lipinski definition) is 3. The van der Waals surface area contributed by atoms with Crippen molar-refractivity contribution in [3.05, 3.63) is 0 Å². The fraction of sp³-hybridized carbons (Fsp3) is 0.923. The lowest BCUT2D eigenvalue weighted by atomic mass is 9.98. The molecule has 116 valence electrons. The molecule has 2 atom stereocenters. The molecule has 1 unspecified atom stereocenters. The van der Waals surface area contributed by atoms with Gasteiger partial charge in [-0.05, 0) is 38.8 Å². The largest absolute Gasteiger partial charge is 0.351 e. The Hall–Kier alpha value is -0.0300. The van der Waals surface area contributed by atoms with E-state index in [4.69, 9.17) is 5.73 Å². The van der Waals surface area contributed by atoms with Crippen LogP contribution in [-0.4, -0.2) is 42.5 Å². The van der Waals surface area contributed by atoms with E-state index in [1.165, 1.54) is 19.3 Å². The zero-order valence-electron chi connectivity index (χ0n) is 12.2. The highest BCUT2D eigenvalue weighted by atomic mass is 35.5. The minimum absolute atomic E-state index is 0.